The van der Waals surface area contributed by atoms with E-state index in [-0.39, 0.29) is 6.04 Å². The van der Waals surface area contributed by atoms with Crippen molar-refractivity contribution in [3.8, 4) is 0 Å². The van der Waals surface area contributed by atoms with E-state index >= 15 is 0 Å². The molecule has 0 bridgehead atoms. The Bertz CT molecular complexity index is 781. The molecule has 1 aromatic heterocycles. The third kappa shape index (κ3) is 2.57. The summed E-state index contributed by atoms with van der Waals surface area (Å²) in [7, 11) is 0. The molecule has 4 heteroatoms. The van der Waals surface area contributed by atoms with Crippen molar-refractivity contribution < 1.29 is 8.78 Å². The summed E-state index contributed by atoms with van der Waals surface area (Å²) in [5.41, 5.74) is 1.15. The van der Waals surface area contributed by atoms with Gasteiger partial charge in [-0.25, -0.2) is 8.78 Å². The molecule has 3 rings (SSSR count). The Labute approximate surface area is 121 Å². The Hall–Kier alpha value is -2.49. The Morgan fingerprint density at radius 2 is 1.86 bits per heavy atom. The number of pyridine rings is 1. The minimum Gasteiger partial charge on any atom is -0.378 e. The van der Waals surface area contributed by atoms with Crippen molar-refractivity contribution >= 4 is 16.5 Å². The van der Waals surface area contributed by atoms with Crippen molar-refractivity contribution in [1.29, 1.82) is 0 Å². The van der Waals surface area contributed by atoms with Crippen LogP contribution >= 0.6 is 0 Å². The van der Waals surface area contributed by atoms with Crippen molar-refractivity contribution in [2.45, 2.75) is 13.0 Å². The molecule has 1 heterocycles. The average molecular weight is 284 g/mol. The lowest BCUT2D eigenvalue weighted by atomic mass is 10.1. The predicted octanol–water partition coefficient (Wildman–Crippen LogP) is 4.69. The molecule has 0 aliphatic heterocycles. The van der Waals surface area contributed by atoms with Crippen LogP contribution < -0.4 is 5.32 Å². The first-order chi connectivity index (χ1) is 10.2. The molecule has 0 saturated carbocycles. The first-order valence-electron chi connectivity index (χ1n) is 6.70. The molecule has 0 radical (unpaired) electrons. The zero-order valence-electron chi connectivity index (χ0n) is 11.5. The van der Waals surface area contributed by atoms with E-state index in [0.717, 1.165) is 22.5 Å². The van der Waals surface area contributed by atoms with Gasteiger partial charge >= 0.3 is 0 Å². The van der Waals surface area contributed by atoms with E-state index in [1.165, 1.54) is 6.07 Å². The van der Waals surface area contributed by atoms with Crippen LogP contribution in [0.2, 0.25) is 0 Å². The number of rotatable bonds is 3. The maximum atomic E-state index is 13.8. The molecule has 0 amide bonds. The van der Waals surface area contributed by atoms with Gasteiger partial charge in [-0.2, -0.15) is 0 Å². The highest BCUT2D eigenvalue weighted by Gasteiger charge is 2.14. The van der Waals surface area contributed by atoms with E-state index in [1.807, 2.05) is 24.3 Å². The summed E-state index contributed by atoms with van der Waals surface area (Å²) in [6, 6.07) is 11.6. The molecule has 2 nitrogen and oxygen atoms in total. The highest BCUT2D eigenvalue weighted by Crippen LogP contribution is 2.27. The molecule has 0 spiro atoms. The van der Waals surface area contributed by atoms with Crippen LogP contribution in [0.25, 0.3) is 10.8 Å². The van der Waals surface area contributed by atoms with E-state index in [4.69, 9.17) is 0 Å². The predicted molar refractivity (Wildman–Crippen MR) is 80.1 cm³/mol. The molecule has 21 heavy (non-hydrogen) atoms. The third-order valence-corrected chi connectivity index (χ3v) is 3.50. The van der Waals surface area contributed by atoms with Gasteiger partial charge in [0.15, 0.2) is 11.6 Å². The topological polar surface area (TPSA) is 24.9 Å². The Morgan fingerprint density at radius 3 is 2.71 bits per heavy atom. The van der Waals surface area contributed by atoms with Gasteiger partial charge in [0, 0.05) is 29.0 Å². The second-order valence-electron chi connectivity index (χ2n) is 4.91. The smallest absolute Gasteiger partial charge is 0.164 e. The number of nitrogens with zero attached hydrogens (tertiary/aromatic N) is 1. The SMILES string of the molecule is CC(Nc1cccc2ccncc12)c1cccc(F)c1F. The number of aromatic nitrogens is 1. The third-order valence-electron chi connectivity index (χ3n) is 3.50. The van der Waals surface area contributed by atoms with Crippen LogP contribution in [0.4, 0.5) is 14.5 Å². The summed E-state index contributed by atoms with van der Waals surface area (Å²) < 4.78 is 27.2. The van der Waals surface area contributed by atoms with Gasteiger partial charge in [-0.05, 0) is 30.5 Å². The van der Waals surface area contributed by atoms with Crippen LogP contribution in [0.1, 0.15) is 18.5 Å². The fraction of sp³-hybridized carbons (Fsp3) is 0.118. The van der Waals surface area contributed by atoms with E-state index in [0.29, 0.717) is 5.56 Å². The standard InChI is InChI=1S/C17H14F2N2/c1-11(13-5-3-6-15(18)17(13)19)21-16-7-2-4-12-8-9-20-10-14(12)16/h2-11,21H,1H3. The lowest BCUT2D eigenvalue weighted by molar-refractivity contribution is 0.495. The Morgan fingerprint density at radius 1 is 1.05 bits per heavy atom. The molecule has 1 atom stereocenters. The van der Waals surface area contributed by atoms with Crippen LogP contribution in [0.3, 0.4) is 0 Å². The second kappa shape index (κ2) is 5.48. The van der Waals surface area contributed by atoms with Crippen LogP contribution in [0.15, 0.2) is 54.9 Å². The maximum Gasteiger partial charge on any atom is 0.164 e. The quantitative estimate of drug-likeness (QED) is 0.755. The van der Waals surface area contributed by atoms with Crippen molar-refractivity contribution in [2.75, 3.05) is 5.32 Å². The van der Waals surface area contributed by atoms with Gasteiger partial charge < -0.3 is 5.32 Å². The second-order valence-corrected chi connectivity index (χ2v) is 4.91. The Kier molecular flexibility index (Phi) is 3.52. The van der Waals surface area contributed by atoms with Gasteiger partial charge in [-0.3, -0.25) is 4.98 Å². The lowest BCUT2D eigenvalue weighted by Crippen LogP contribution is -2.09. The van der Waals surface area contributed by atoms with Gasteiger partial charge in [0.25, 0.3) is 0 Å². The largest absolute Gasteiger partial charge is 0.378 e. The fourth-order valence-electron chi connectivity index (χ4n) is 2.41. The highest BCUT2D eigenvalue weighted by atomic mass is 19.2. The van der Waals surface area contributed by atoms with Gasteiger partial charge in [-0.15, -0.1) is 0 Å². The number of hydrogen-bond acceptors (Lipinski definition) is 2. The zero-order valence-corrected chi connectivity index (χ0v) is 11.5. The summed E-state index contributed by atoms with van der Waals surface area (Å²) in [6.45, 7) is 1.80. The minimum absolute atomic E-state index is 0.302. The van der Waals surface area contributed by atoms with Crippen molar-refractivity contribution in [1.82, 2.24) is 4.98 Å². The Balaban J connectivity index is 1.97. The molecular weight excluding hydrogens is 270 g/mol. The van der Waals surface area contributed by atoms with Gasteiger partial charge in [-0.1, -0.05) is 24.3 Å². The van der Waals surface area contributed by atoms with Crippen molar-refractivity contribution in [3.63, 3.8) is 0 Å². The minimum atomic E-state index is -0.833. The molecule has 0 saturated heterocycles. The number of halogens is 2. The number of fused-ring (bicyclic) bond motifs is 1. The van der Waals surface area contributed by atoms with Crippen LogP contribution in [0.5, 0.6) is 0 Å². The number of benzene rings is 2. The lowest BCUT2D eigenvalue weighted by Gasteiger charge is -2.18. The fourth-order valence-corrected chi connectivity index (χ4v) is 2.41. The average Bonchev–Trinajstić information content (AvgIpc) is 2.50. The van der Waals surface area contributed by atoms with Gasteiger partial charge in [0.1, 0.15) is 0 Å². The van der Waals surface area contributed by atoms with E-state index < -0.39 is 11.6 Å². The molecule has 0 aliphatic rings. The normalized spacial score (nSPS) is 12.3. The molecule has 0 aliphatic carbocycles. The summed E-state index contributed by atoms with van der Waals surface area (Å²) in [5.74, 6) is -1.64. The summed E-state index contributed by atoms with van der Waals surface area (Å²) >= 11 is 0. The summed E-state index contributed by atoms with van der Waals surface area (Å²) in [6.07, 6.45) is 3.48. The van der Waals surface area contributed by atoms with Crippen molar-refractivity contribution in [2.24, 2.45) is 0 Å². The summed E-state index contributed by atoms with van der Waals surface area (Å²) in [5, 5.41) is 5.21. The number of anilines is 1. The van der Waals surface area contributed by atoms with Gasteiger partial charge in [0.05, 0.1) is 6.04 Å². The molecule has 106 valence electrons. The molecule has 1 unspecified atom stereocenters. The van der Waals surface area contributed by atoms with Crippen LogP contribution in [0, 0.1) is 11.6 Å². The first-order valence-corrected chi connectivity index (χ1v) is 6.70. The maximum absolute atomic E-state index is 13.8. The van der Waals surface area contributed by atoms with Crippen molar-refractivity contribution in [3.05, 3.63) is 72.1 Å². The van der Waals surface area contributed by atoms with E-state index in [2.05, 4.69) is 10.3 Å². The molecule has 1 N–H and O–H groups in total. The van der Waals surface area contributed by atoms with Gasteiger partial charge in [0.2, 0.25) is 0 Å². The van der Waals surface area contributed by atoms with Crippen LogP contribution in [-0.4, -0.2) is 4.98 Å². The molecular formula is C17H14F2N2. The first kappa shape index (κ1) is 13.5. The number of hydrogen-bond donors (Lipinski definition) is 1. The van der Waals surface area contributed by atoms with E-state index in [9.17, 15) is 8.78 Å². The highest BCUT2D eigenvalue weighted by molar-refractivity contribution is 5.93. The summed E-state index contributed by atoms with van der Waals surface area (Å²) in [4.78, 5) is 4.11. The molecule has 2 aromatic carbocycles. The van der Waals surface area contributed by atoms with Crippen LogP contribution in [-0.2, 0) is 0 Å². The van der Waals surface area contributed by atoms with E-state index in [1.54, 1.807) is 25.4 Å². The molecule has 3 aromatic rings. The molecule has 0 fully saturated rings. The zero-order chi connectivity index (χ0) is 14.8. The number of nitrogens with one attached hydrogen (secondary N) is 1. The monoisotopic (exact) mass is 284 g/mol.